The minimum Gasteiger partial charge on any atom is -0.354 e. The second kappa shape index (κ2) is 12.6. The van der Waals surface area contributed by atoms with Crippen LogP contribution in [0.4, 0.5) is 0 Å². The standard InChI is InChI=1S/C51H34N2/c52-47-17-8-7-16-45(47)49-19-9-18-48(53-49)36-24-20-35(21-25-36)39-28-29-44-46(32-39)51(41-27-23-34-11-2-4-13-38(34)31-41)43-15-6-5-14-42(43)50(44)40-26-22-33-10-1-3-12-37(33)30-40/h1-32,52-53H/b49-45-,52-47?. The van der Waals surface area contributed by atoms with E-state index in [1.165, 1.54) is 70.9 Å². The van der Waals surface area contributed by atoms with Gasteiger partial charge in [-0.25, -0.2) is 0 Å². The third-order valence-electron chi connectivity index (χ3n) is 10.6. The second-order valence-electron chi connectivity index (χ2n) is 13.8. The molecule has 0 spiro atoms. The molecule has 0 atom stereocenters. The summed E-state index contributed by atoms with van der Waals surface area (Å²) >= 11 is 0. The van der Waals surface area contributed by atoms with Gasteiger partial charge < -0.3 is 10.7 Å². The Morgan fingerprint density at radius 1 is 0.377 bits per heavy atom. The lowest BCUT2D eigenvalue weighted by Crippen LogP contribution is -2.17. The molecule has 1 aliphatic carbocycles. The predicted octanol–water partition coefficient (Wildman–Crippen LogP) is 13.2. The Labute approximate surface area is 308 Å². The summed E-state index contributed by atoms with van der Waals surface area (Å²) in [4.78, 5) is 0. The third kappa shape index (κ3) is 5.40. The van der Waals surface area contributed by atoms with E-state index in [1.807, 2.05) is 30.4 Å². The number of hydrogen-bond donors (Lipinski definition) is 2. The van der Waals surface area contributed by atoms with Crippen LogP contribution in [0.15, 0.2) is 205 Å². The number of nitrogens with one attached hydrogen (secondary N) is 2. The van der Waals surface area contributed by atoms with Crippen LogP contribution in [-0.4, -0.2) is 5.71 Å². The van der Waals surface area contributed by atoms with Gasteiger partial charge in [0.15, 0.2) is 0 Å². The number of fused-ring (bicyclic) bond motifs is 4. The van der Waals surface area contributed by atoms with Gasteiger partial charge in [0.1, 0.15) is 0 Å². The second-order valence-corrected chi connectivity index (χ2v) is 13.8. The maximum atomic E-state index is 8.39. The highest BCUT2D eigenvalue weighted by molar-refractivity contribution is 6.22. The fraction of sp³-hybridized carbons (Fsp3) is 0. The van der Waals surface area contributed by atoms with E-state index in [1.54, 1.807) is 0 Å². The molecule has 8 aromatic carbocycles. The highest BCUT2D eigenvalue weighted by atomic mass is 14.9. The third-order valence-corrected chi connectivity index (χ3v) is 10.6. The van der Waals surface area contributed by atoms with Crippen LogP contribution in [0.5, 0.6) is 0 Å². The van der Waals surface area contributed by atoms with Crippen molar-refractivity contribution in [3.8, 4) is 33.4 Å². The summed E-state index contributed by atoms with van der Waals surface area (Å²) in [6.45, 7) is 0. The summed E-state index contributed by atoms with van der Waals surface area (Å²) in [5.74, 6) is 0. The van der Waals surface area contributed by atoms with Crippen LogP contribution >= 0.6 is 0 Å². The van der Waals surface area contributed by atoms with Crippen molar-refractivity contribution in [2.75, 3.05) is 0 Å². The smallest absolute Gasteiger partial charge is 0.0633 e. The molecular formula is C51H34N2. The molecule has 2 aliphatic rings. The first-order chi connectivity index (χ1) is 26.2. The number of hydrogen-bond acceptors (Lipinski definition) is 2. The molecule has 1 aliphatic heterocycles. The Morgan fingerprint density at radius 3 is 1.57 bits per heavy atom. The van der Waals surface area contributed by atoms with Gasteiger partial charge in [-0.2, -0.15) is 0 Å². The molecule has 0 aromatic heterocycles. The van der Waals surface area contributed by atoms with E-state index in [2.05, 4.69) is 169 Å². The van der Waals surface area contributed by atoms with E-state index in [9.17, 15) is 0 Å². The van der Waals surface area contributed by atoms with Crippen LogP contribution in [-0.2, 0) is 0 Å². The lowest BCUT2D eigenvalue weighted by Gasteiger charge is -2.20. The zero-order chi connectivity index (χ0) is 35.3. The monoisotopic (exact) mass is 674 g/mol. The summed E-state index contributed by atoms with van der Waals surface area (Å²) in [6.07, 6.45) is 13.9. The average Bonchev–Trinajstić information content (AvgIpc) is 3.22. The van der Waals surface area contributed by atoms with Crippen LogP contribution in [0.2, 0.25) is 0 Å². The summed E-state index contributed by atoms with van der Waals surface area (Å²) < 4.78 is 0. The number of rotatable bonds is 4. The largest absolute Gasteiger partial charge is 0.354 e. The van der Waals surface area contributed by atoms with Gasteiger partial charge in [0.25, 0.3) is 0 Å². The van der Waals surface area contributed by atoms with Crippen molar-refractivity contribution >= 4 is 54.5 Å². The van der Waals surface area contributed by atoms with Crippen LogP contribution < -0.4 is 5.32 Å². The number of allylic oxidation sites excluding steroid dienone is 8. The molecule has 0 fully saturated rings. The van der Waals surface area contributed by atoms with Crippen molar-refractivity contribution in [1.82, 2.24) is 5.32 Å². The summed E-state index contributed by atoms with van der Waals surface area (Å²) in [5, 5.41) is 21.9. The molecule has 1 heterocycles. The molecule has 53 heavy (non-hydrogen) atoms. The molecule has 0 saturated heterocycles. The lowest BCUT2D eigenvalue weighted by molar-refractivity contribution is 1.11. The Morgan fingerprint density at radius 2 is 0.906 bits per heavy atom. The molecule has 248 valence electrons. The molecule has 0 unspecified atom stereocenters. The molecular weight excluding hydrogens is 641 g/mol. The van der Waals surface area contributed by atoms with Gasteiger partial charge in [-0.05, 0) is 118 Å². The van der Waals surface area contributed by atoms with Crippen LogP contribution in [0.1, 0.15) is 5.56 Å². The van der Waals surface area contributed by atoms with E-state index in [0.29, 0.717) is 5.71 Å². The zero-order valence-electron chi connectivity index (χ0n) is 29.0. The van der Waals surface area contributed by atoms with E-state index in [-0.39, 0.29) is 0 Å². The van der Waals surface area contributed by atoms with Gasteiger partial charge in [0.2, 0.25) is 0 Å². The first-order valence-corrected chi connectivity index (χ1v) is 18.1. The molecule has 2 nitrogen and oxygen atoms in total. The molecule has 2 heteroatoms. The molecule has 2 N–H and O–H groups in total. The van der Waals surface area contributed by atoms with Crippen LogP contribution in [0.25, 0.3) is 82.2 Å². The number of dihydropyridines is 1. The SMILES string of the molecule is N=C1C=CC=C/C1=C1\C=CC=C(c2ccc(-c3ccc4c(-c5ccc6ccccc6c5)c5ccccc5c(-c5ccc6ccccc6c5)c4c3)cc2)N1. The Balaban J connectivity index is 1.14. The van der Waals surface area contributed by atoms with Gasteiger partial charge in [-0.3, -0.25) is 0 Å². The van der Waals surface area contributed by atoms with E-state index >= 15 is 0 Å². The van der Waals surface area contributed by atoms with Crippen molar-refractivity contribution in [3.05, 3.63) is 211 Å². The first-order valence-electron chi connectivity index (χ1n) is 18.1. The topological polar surface area (TPSA) is 35.9 Å². The zero-order valence-corrected chi connectivity index (χ0v) is 29.0. The summed E-state index contributed by atoms with van der Waals surface area (Å²) in [7, 11) is 0. The normalized spacial score (nSPS) is 15.4. The molecule has 10 rings (SSSR count). The highest BCUT2D eigenvalue weighted by Gasteiger charge is 2.19. The predicted molar refractivity (Wildman–Crippen MR) is 226 cm³/mol. The van der Waals surface area contributed by atoms with Crippen LogP contribution in [0, 0.1) is 5.41 Å². The Bertz CT molecular complexity index is 2970. The van der Waals surface area contributed by atoms with Crippen molar-refractivity contribution < 1.29 is 0 Å². The van der Waals surface area contributed by atoms with Gasteiger partial charge >= 0.3 is 0 Å². The lowest BCUT2D eigenvalue weighted by atomic mass is 9.84. The number of benzene rings is 8. The summed E-state index contributed by atoms with van der Waals surface area (Å²) in [6, 6.07) is 55.7. The Kier molecular flexibility index (Phi) is 7.33. The van der Waals surface area contributed by atoms with Crippen LogP contribution in [0.3, 0.4) is 0 Å². The van der Waals surface area contributed by atoms with Crippen molar-refractivity contribution in [3.63, 3.8) is 0 Å². The van der Waals surface area contributed by atoms with E-state index < -0.39 is 0 Å². The van der Waals surface area contributed by atoms with Crippen molar-refractivity contribution in [2.24, 2.45) is 0 Å². The van der Waals surface area contributed by atoms with Gasteiger partial charge in [0, 0.05) is 17.0 Å². The van der Waals surface area contributed by atoms with Crippen molar-refractivity contribution in [1.29, 1.82) is 5.41 Å². The van der Waals surface area contributed by atoms with E-state index in [0.717, 1.165) is 28.1 Å². The molecule has 0 amide bonds. The maximum absolute atomic E-state index is 8.39. The first kappa shape index (κ1) is 30.8. The Hall–Kier alpha value is -7.03. The maximum Gasteiger partial charge on any atom is 0.0633 e. The minimum atomic E-state index is 0.507. The summed E-state index contributed by atoms with van der Waals surface area (Å²) in [5.41, 5.74) is 11.7. The molecule has 0 bridgehead atoms. The molecule has 8 aromatic rings. The minimum absolute atomic E-state index is 0.507. The molecule has 0 saturated carbocycles. The fourth-order valence-electron chi connectivity index (χ4n) is 8.02. The van der Waals surface area contributed by atoms with Crippen molar-refractivity contribution in [2.45, 2.75) is 0 Å². The average molecular weight is 675 g/mol. The molecule has 0 radical (unpaired) electrons. The van der Waals surface area contributed by atoms with Gasteiger partial charge in [-0.15, -0.1) is 0 Å². The van der Waals surface area contributed by atoms with Gasteiger partial charge in [-0.1, -0.05) is 158 Å². The quantitative estimate of drug-likeness (QED) is 0.179. The van der Waals surface area contributed by atoms with E-state index in [4.69, 9.17) is 5.41 Å². The highest BCUT2D eigenvalue weighted by Crippen LogP contribution is 2.45. The fourth-order valence-corrected chi connectivity index (χ4v) is 8.02. The van der Waals surface area contributed by atoms with Gasteiger partial charge in [0.05, 0.1) is 5.71 Å².